The fraction of sp³-hybridized carbons (Fsp3) is 0.500. The van der Waals surface area contributed by atoms with Gasteiger partial charge in [0.15, 0.2) is 5.60 Å². The number of aliphatic hydroxyl groups excluding tert-OH is 1. The number of rotatable bonds is 10. The molecule has 38 heavy (non-hydrogen) atoms. The second kappa shape index (κ2) is 8.72. The zero-order valence-electron chi connectivity index (χ0n) is 20.2. The fourth-order valence-corrected chi connectivity index (χ4v) is 6.23. The highest BCUT2D eigenvalue weighted by Crippen LogP contribution is 2.80. The molecule has 1 aromatic heterocycles. The van der Waals surface area contributed by atoms with E-state index in [9.17, 15) is 19.0 Å². The number of aromatic nitrogens is 4. The lowest BCUT2D eigenvalue weighted by atomic mass is 9.30. The summed E-state index contributed by atoms with van der Waals surface area (Å²) < 4.78 is 72.5. The van der Waals surface area contributed by atoms with Gasteiger partial charge in [-0.3, -0.25) is 0 Å². The van der Waals surface area contributed by atoms with E-state index in [1.807, 2.05) is 12.1 Å². The highest BCUT2D eigenvalue weighted by atomic mass is 19.3. The van der Waals surface area contributed by atoms with Crippen molar-refractivity contribution in [2.24, 2.45) is 11.3 Å². The number of nitrogens with zero attached hydrogens (tertiary/aromatic N) is 4. The van der Waals surface area contributed by atoms with E-state index in [0.29, 0.717) is 25.0 Å². The van der Waals surface area contributed by atoms with Crippen LogP contribution < -0.4 is 4.74 Å². The molecule has 4 aliphatic rings. The van der Waals surface area contributed by atoms with E-state index in [4.69, 9.17) is 9.47 Å². The molecule has 0 radical (unpaired) electrons. The molecule has 2 aromatic carbocycles. The topological polar surface area (TPSA) is 103 Å². The number of hydrogen-bond donors (Lipinski definition) is 2. The first-order chi connectivity index (χ1) is 18.1. The van der Waals surface area contributed by atoms with Crippen LogP contribution in [0, 0.1) is 23.0 Å². The van der Waals surface area contributed by atoms with Gasteiger partial charge in [-0.05, 0) is 64.9 Å². The number of benzene rings is 2. The highest BCUT2D eigenvalue weighted by Gasteiger charge is 2.82. The maximum Gasteiger partial charge on any atom is 0.287 e. The minimum Gasteiger partial charge on any atom is -0.491 e. The molecule has 0 amide bonds. The lowest BCUT2D eigenvalue weighted by Gasteiger charge is -2.74. The molecule has 2 heterocycles. The summed E-state index contributed by atoms with van der Waals surface area (Å²) in [6.07, 6.45) is 0.701. The van der Waals surface area contributed by atoms with Crippen molar-refractivity contribution in [1.82, 2.24) is 20.2 Å². The van der Waals surface area contributed by atoms with Crippen LogP contribution in [0.3, 0.4) is 0 Å². The predicted octanol–water partition coefficient (Wildman–Crippen LogP) is 2.98. The van der Waals surface area contributed by atoms with Gasteiger partial charge in [0.05, 0.1) is 25.9 Å². The highest BCUT2D eigenvalue weighted by molar-refractivity contribution is 5.44. The summed E-state index contributed by atoms with van der Waals surface area (Å²) in [6.45, 7) is 0.344. The lowest BCUT2D eigenvalue weighted by molar-refractivity contribution is -0.347. The Hall–Kier alpha value is -3.09. The number of hydrogen-bond acceptors (Lipinski definition) is 7. The maximum atomic E-state index is 16.3. The molecular formula is C26H26F4N4O4. The molecule has 1 saturated heterocycles. The van der Waals surface area contributed by atoms with Gasteiger partial charge in [-0.15, -0.1) is 5.10 Å². The number of aliphatic hydroxyl groups is 2. The number of halogens is 4. The van der Waals surface area contributed by atoms with Crippen molar-refractivity contribution in [3.8, 4) is 5.75 Å². The molecular weight excluding hydrogens is 508 g/mol. The van der Waals surface area contributed by atoms with E-state index in [2.05, 4.69) is 15.5 Å². The van der Waals surface area contributed by atoms with Crippen molar-refractivity contribution in [3.63, 3.8) is 0 Å². The normalized spacial score (nSPS) is 27.0. The first kappa shape index (κ1) is 25.2. The van der Waals surface area contributed by atoms with E-state index in [-0.39, 0.29) is 31.8 Å². The summed E-state index contributed by atoms with van der Waals surface area (Å²) in [6, 6.07) is 9.29. The lowest BCUT2D eigenvalue weighted by Crippen LogP contribution is -2.76. The standard InChI is InChI=1S/C26H26F4N4O4/c27-18-3-6-20(21(28)7-18)25(36,14-34-15-31-32-33-34)26(29,30)24-11-23(12-24,13-24)17-1-4-19(5-2-17)38-10-22(35)16-8-37-9-16/h1-7,15-16,22,35-36H,8-14H2/t22-,23?,24?,25+/m0/s1. The SMILES string of the molecule is O[C@@H](COc1ccc(C23CC(C(F)(F)[C@@](O)(Cn4cnnn4)c4ccc(F)cc4F)(C2)C3)cc1)C1COC1. The Morgan fingerprint density at radius 3 is 2.39 bits per heavy atom. The van der Waals surface area contributed by atoms with Crippen LogP contribution in [-0.2, 0) is 22.3 Å². The molecule has 3 aromatic rings. The molecule has 3 saturated carbocycles. The Balaban J connectivity index is 1.19. The van der Waals surface area contributed by atoms with E-state index in [1.165, 1.54) is 0 Å². The van der Waals surface area contributed by atoms with Crippen molar-refractivity contribution in [2.75, 3.05) is 19.8 Å². The van der Waals surface area contributed by atoms with E-state index in [0.717, 1.165) is 28.7 Å². The number of alkyl halides is 2. The van der Waals surface area contributed by atoms with Gasteiger partial charge < -0.3 is 19.7 Å². The summed E-state index contributed by atoms with van der Waals surface area (Å²) in [5, 5.41) is 31.9. The van der Waals surface area contributed by atoms with Crippen LogP contribution in [0.2, 0.25) is 0 Å². The Morgan fingerprint density at radius 2 is 1.82 bits per heavy atom. The van der Waals surface area contributed by atoms with Gasteiger partial charge in [-0.2, -0.15) is 0 Å². The molecule has 2 atom stereocenters. The van der Waals surface area contributed by atoms with Crippen molar-refractivity contribution in [2.45, 2.75) is 48.8 Å². The second-order valence-corrected chi connectivity index (χ2v) is 10.9. The molecule has 4 fully saturated rings. The summed E-state index contributed by atoms with van der Waals surface area (Å²) in [7, 11) is 0. The van der Waals surface area contributed by atoms with Gasteiger partial charge in [0.25, 0.3) is 5.92 Å². The summed E-state index contributed by atoms with van der Waals surface area (Å²) in [5.41, 5.74) is -4.91. The second-order valence-electron chi connectivity index (χ2n) is 10.9. The van der Waals surface area contributed by atoms with E-state index < -0.39 is 52.2 Å². The molecule has 7 rings (SSSR count). The van der Waals surface area contributed by atoms with Gasteiger partial charge >= 0.3 is 0 Å². The molecule has 0 unspecified atom stereocenters. The molecule has 8 nitrogen and oxygen atoms in total. The average molecular weight is 535 g/mol. The van der Waals surface area contributed by atoms with E-state index in [1.54, 1.807) is 12.1 Å². The first-order valence-corrected chi connectivity index (χ1v) is 12.3. The number of ether oxygens (including phenoxy) is 2. The first-order valence-electron chi connectivity index (χ1n) is 12.3. The van der Waals surface area contributed by atoms with E-state index >= 15 is 8.78 Å². The maximum absolute atomic E-state index is 16.3. The Morgan fingerprint density at radius 1 is 1.11 bits per heavy atom. The van der Waals surface area contributed by atoms with Crippen molar-refractivity contribution in [1.29, 1.82) is 0 Å². The molecule has 12 heteroatoms. The van der Waals surface area contributed by atoms with Crippen LogP contribution in [0.1, 0.15) is 30.4 Å². The molecule has 2 N–H and O–H groups in total. The Kier molecular flexibility index (Phi) is 5.78. The third-order valence-electron chi connectivity index (χ3n) is 8.47. The third kappa shape index (κ3) is 3.72. The van der Waals surface area contributed by atoms with Crippen LogP contribution in [0.25, 0.3) is 0 Å². The van der Waals surface area contributed by atoms with Gasteiger partial charge in [-0.25, -0.2) is 22.2 Å². The van der Waals surface area contributed by atoms with Gasteiger partial charge in [0.1, 0.15) is 30.3 Å². The smallest absolute Gasteiger partial charge is 0.287 e. The molecule has 202 valence electrons. The predicted molar refractivity (Wildman–Crippen MR) is 123 cm³/mol. The fourth-order valence-electron chi connectivity index (χ4n) is 6.23. The van der Waals surface area contributed by atoms with Crippen molar-refractivity contribution < 1.29 is 37.2 Å². The monoisotopic (exact) mass is 534 g/mol. The summed E-state index contributed by atoms with van der Waals surface area (Å²) >= 11 is 0. The van der Waals surface area contributed by atoms with Gasteiger partial charge in [0, 0.05) is 23.0 Å². The van der Waals surface area contributed by atoms with Crippen LogP contribution in [0.4, 0.5) is 17.6 Å². The number of tetrazole rings is 1. The largest absolute Gasteiger partial charge is 0.491 e. The molecule has 3 aliphatic carbocycles. The zero-order chi connectivity index (χ0) is 26.8. The van der Waals surface area contributed by atoms with Crippen molar-refractivity contribution >= 4 is 0 Å². The quantitative estimate of drug-likeness (QED) is 0.386. The van der Waals surface area contributed by atoms with Gasteiger partial charge in [-0.1, -0.05) is 12.1 Å². The van der Waals surface area contributed by atoms with Crippen molar-refractivity contribution in [3.05, 3.63) is 71.6 Å². The van der Waals surface area contributed by atoms with Crippen LogP contribution >= 0.6 is 0 Å². The third-order valence-corrected chi connectivity index (χ3v) is 8.47. The molecule has 2 bridgehead atoms. The van der Waals surface area contributed by atoms with Crippen LogP contribution in [0.15, 0.2) is 48.8 Å². The zero-order valence-corrected chi connectivity index (χ0v) is 20.2. The minimum absolute atomic E-state index is 0.0655. The summed E-state index contributed by atoms with van der Waals surface area (Å²) in [4.78, 5) is 0. The summed E-state index contributed by atoms with van der Waals surface area (Å²) in [5.74, 6) is -5.37. The van der Waals surface area contributed by atoms with Gasteiger partial charge in [0.2, 0.25) is 0 Å². The Labute approximate surface area is 215 Å². The van der Waals surface area contributed by atoms with Crippen LogP contribution in [0.5, 0.6) is 5.75 Å². The Bertz CT molecular complexity index is 1300. The minimum atomic E-state index is -3.78. The van der Waals surface area contributed by atoms with Crippen LogP contribution in [-0.4, -0.2) is 62.3 Å². The molecule has 1 aliphatic heterocycles. The average Bonchev–Trinajstić information content (AvgIpc) is 3.28. The molecule has 0 spiro atoms.